The van der Waals surface area contributed by atoms with Gasteiger partial charge >= 0.3 is 0 Å². The van der Waals surface area contributed by atoms with E-state index in [0.717, 1.165) is 18.4 Å². The van der Waals surface area contributed by atoms with E-state index in [-0.39, 0.29) is 17.7 Å². The second kappa shape index (κ2) is 7.00. The molecule has 1 atom stereocenters. The van der Waals surface area contributed by atoms with Crippen molar-refractivity contribution >= 4 is 23.2 Å². The van der Waals surface area contributed by atoms with E-state index in [1.165, 1.54) is 6.26 Å². The number of thiophene rings is 1. The quantitative estimate of drug-likeness (QED) is 0.865. The minimum atomic E-state index is -0.133. The van der Waals surface area contributed by atoms with Gasteiger partial charge in [0.2, 0.25) is 5.91 Å². The molecule has 0 N–H and O–H groups in total. The highest BCUT2D eigenvalue weighted by Crippen LogP contribution is 2.21. The van der Waals surface area contributed by atoms with E-state index in [1.807, 2.05) is 18.5 Å². The molecule has 0 aliphatic carbocycles. The molecular weight excluding hydrogens is 312 g/mol. The summed E-state index contributed by atoms with van der Waals surface area (Å²) >= 11 is 1.63. The molecule has 1 fully saturated rings. The fraction of sp³-hybridized carbons (Fsp3) is 0.412. The Morgan fingerprint density at radius 3 is 3.00 bits per heavy atom. The Labute approximate surface area is 139 Å². The monoisotopic (exact) mass is 332 g/mol. The van der Waals surface area contributed by atoms with Crippen molar-refractivity contribution in [2.24, 2.45) is 5.92 Å². The number of hydrogen-bond acceptors (Lipinski definition) is 4. The zero-order chi connectivity index (χ0) is 16.2. The standard InChI is InChI=1S/C17H20N2O3S/c1-18(10-13-6-9-23-12-13)16(20)14-4-2-7-19(11-14)17(21)15-5-3-8-22-15/h3,5-6,8-9,12,14H,2,4,7,10-11H2,1H3. The largest absolute Gasteiger partial charge is 0.459 e. The second-order valence-corrected chi connectivity index (χ2v) is 6.67. The molecule has 1 aliphatic rings. The minimum Gasteiger partial charge on any atom is -0.459 e. The molecule has 0 saturated carbocycles. The Morgan fingerprint density at radius 1 is 1.43 bits per heavy atom. The molecule has 1 unspecified atom stereocenters. The first kappa shape index (κ1) is 15.8. The molecule has 3 rings (SSSR count). The molecule has 2 amide bonds. The van der Waals surface area contributed by atoms with Crippen LogP contribution in [0.4, 0.5) is 0 Å². The van der Waals surface area contributed by atoms with Gasteiger partial charge in [-0.3, -0.25) is 9.59 Å². The van der Waals surface area contributed by atoms with Crippen molar-refractivity contribution in [3.8, 4) is 0 Å². The fourth-order valence-electron chi connectivity index (χ4n) is 2.97. The van der Waals surface area contributed by atoms with Crippen LogP contribution in [-0.4, -0.2) is 41.8 Å². The van der Waals surface area contributed by atoms with E-state index in [9.17, 15) is 9.59 Å². The van der Waals surface area contributed by atoms with Crippen LogP contribution in [0.3, 0.4) is 0 Å². The number of nitrogens with zero attached hydrogens (tertiary/aromatic N) is 2. The zero-order valence-electron chi connectivity index (χ0n) is 13.1. The normalized spacial score (nSPS) is 18.0. The smallest absolute Gasteiger partial charge is 0.289 e. The third-order valence-electron chi connectivity index (χ3n) is 4.17. The van der Waals surface area contributed by atoms with E-state index in [1.54, 1.807) is 33.3 Å². The molecule has 2 aromatic rings. The molecule has 122 valence electrons. The highest BCUT2D eigenvalue weighted by molar-refractivity contribution is 7.07. The summed E-state index contributed by atoms with van der Waals surface area (Å²) in [6.45, 7) is 1.76. The van der Waals surface area contributed by atoms with Crippen molar-refractivity contribution in [1.29, 1.82) is 0 Å². The van der Waals surface area contributed by atoms with E-state index in [0.29, 0.717) is 25.4 Å². The molecule has 0 radical (unpaired) electrons. The Balaban J connectivity index is 1.61. The Morgan fingerprint density at radius 2 is 2.30 bits per heavy atom. The first-order chi connectivity index (χ1) is 11.1. The zero-order valence-corrected chi connectivity index (χ0v) is 13.9. The molecule has 0 aromatic carbocycles. The molecule has 6 heteroatoms. The summed E-state index contributed by atoms with van der Waals surface area (Å²) in [5.74, 6) is 0.178. The number of likely N-dealkylation sites (tertiary alicyclic amines) is 1. The van der Waals surface area contributed by atoms with Gasteiger partial charge in [-0.25, -0.2) is 0 Å². The number of carbonyl (C=O) groups is 2. The highest BCUT2D eigenvalue weighted by Gasteiger charge is 2.31. The van der Waals surface area contributed by atoms with Crippen LogP contribution in [0.2, 0.25) is 0 Å². The molecule has 1 saturated heterocycles. The second-order valence-electron chi connectivity index (χ2n) is 5.89. The third kappa shape index (κ3) is 3.64. The fourth-order valence-corrected chi connectivity index (χ4v) is 3.63. The van der Waals surface area contributed by atoms with Crippen LogP contribution < -0.4 is 0 Å². The van der Waals surface area contributed by atoms with Gasteiger partial charge in [-0.15, -0.1) is 0 Å². The molecule has 0 bridgehead atoms. The van der Waals surface area contributed by atoms with Gasteiger partial charge in [0.1, 0.15) is 0 Å². The van der Waals surface area contributed by atoms with Crippen molar-refractivity contribution in [3.63, 3.8) is 0 Å². The summed E-state index contributed by atoms with van der Waals surface area (Å²) in [6, 6.07) is 5.40. The Hall–Kier alpha value is -2.08. The summed E-state index contributed by atoms with van der Waals surface area (Å²) in [5.41, 5.74) is 1.14. The third-order valence-corrected chi connectivity index (χ3v) is 4.90. The molecule has 3 heterocycles. The number of piperidine rings is 1. The van der Waals surface area contributed by atoms with Crippen LogP contribution in [0.15, 0.2) is 39.6 Å². The summed E-state index contributed by atoms with van der Waals surface area (Å²) in [7, 11) is 1.83. The molecule has 1 aliphatic heterocycles. The lowest BCUT2D eigenvalue weighted by Crippen LogP contribution is -2.45. The number of furan rings is 1. The van der Waals surface area contributed by atoms with Crippen molar-refractivity contribution in [2.45, 2.75) is 19.4 Å². The van der Waals surface area contributed by atoms with Crippen LogP contribution in [0, 0.1) is 5.92 Å². The van der Waals surface area contributed by atoms with E-state index in [4.69, 9.17) is 4.42 Å². The van der Waals surface area contributed by atoms with Gasteiger partial charge in [0.25, 0.3) is 5.91 Å². The van der Waals surface area contributed by atoms with Crippen LogP contribution in [0.1, 0.15) is 29.0 Å². The molecule has 23 heavy (non-hydrogen) atoms. The van der Waals surface area contributed by atoms with Gasteiger partial charge in [-0.05, 0) is 47.4 Å². The van der Waals surface area contributed by atoms with Gasteiger partial charge in [0, 0.05) is 26.7 Å². The minimum absolute atomic E-state index is 0.105. The summed E-state index contributed by atoms with van der Waals surface area (Å²) < 4.78 is 5.18. The van der Waals surface area contributed by atoms with Gasteiger partial charge in [0.15, 0.2) is 5.76 Å². The van der Waals surface area contributed by atoms with Crippen molar-refractivity contribution < 1.29 is 14.0 Å². The van der Waals surface area contributed by atoms with Crippen molar-refractivity contribution in [3.05, 3.63) is 46.5 Å². The van der Waals surface area contributed by atoms with E-state index >= 15 is 0 Å². The maximum atomic E-state index is 12.6. The lowest BCUT2D eigenvalue weighted by Gasteiger charge is -2.33. The summed E-state index contributed by atoms with van der Waals surface area (Å²) in [4.78, 5) is 28.5. The van der Waals surface area contributed by atoms with E-state index in [2.05, 4.69) is 5.38 Å². The van der Waals surface area contributed by atoms with Crippen LogP contribution in [-0.2, 0) is 11.3 Å². The molecular formula is C17H20N2O3S. The lowest BCUT2D eigenvalue weighted by atomic mass is 9.96. The Kier molecular flexibility index (Phi) is 4.81. The highest BCUT2D eigenvalue weighted by atomic mass is 32.1. The topological polar surface area (TPSA) is 53.8 Å². The lowest BCUT2D eigenvalue weighted by molar-refractivity contribution is -0.136. The van der Waals surface area contributed by atoms with Gasteiger partial charge < -0.3 is 14.2 Å². The molecule has 2 aromatic heterocycles. The van der Waals surface area contributed by atoms with Crippen LogP contribution in [0.25, 0.3) is 0 Å². The number of rotatable bonds is 4. The maximum Gasteiger partial charge on any atom is 0.289 e. The predicted molar refractivity (Wildman–Crippen MR) is 88.1 cm³/mol. The van der Waals surface area contributed by atoms with Gasteiger partial charge in [-0.1, -0.05) is 0 Å². The predicted octanol–water partition coefficient (Wildman–Crippen LogP) is 2.85. The average molecular weight is 332 g/mol. The average Bonchev–Trinajstić information content (AvgIpc) is 3.27. The van der Waals surface area contributed by atoms with Crippen molar-refractivity contribution in [2.75, 3.05) is 20.1 Å². The van der Waals surface area contributed by atoms with Crippen molar-refractivity contribution in [1.82, 2.24) is 9.80 Å². The van der Waals surface area contributed by atoms with Gasteiger partial charge in [-0.2, -0.15) is 11.3 Å². The van der Waals surface area contributed by atoms with Crippen LogP contribution >= 0.6 is 11.3 Å². The first-order valence-electron chi connectivity index (χ1n) is 7.74. The Bertz CT molecular complexity index is 651. The number of amides is 2. The van der Waals surface area contributed by atoms with E-state index < -0.39 is 0 Å². The summed E-state index contributed by atoms with van der Waals surface area (Å²) in [6.07, 6.45) is 3.17. The SMILES string of the molecule is CN(Cc1ccsc1)C(=O)C1CCCN(C(=O)c2ccco2)C1. The number of carbonyl (C=O) groups excluding carboxylic acids is 2. The first-order valence-corrected chi connectivity index (χ1v) is 8.68. The maximum absolute atomic E-state index is 12.6. The van der Waals surface area contributed by atoms with Crippen LogP contribution in [0.5, 0.6) is 0 Å². The van der Waals surface area contributed by atoms with Gasteiger partial charge in [0.05, 0.1) is 12.2 Å². The molecule has 5 nitrogen and oxygen atoms in total. The summed E-state index contributed by atoms with van der Waals surface area (Å²) in [5, 5.41) is 4.06. The number of hydrogen-bond donors (Lipinski definition) is 0. The molecule has 0 spiro atoms.